The Bertz CT molecular complexity index is 1160. The van der Waals surface area contributed by atoms with E-state index in [0.29, 0.717) is 38.5 Å². The van der Waals surface area contributed by atoms with E-state index in [9.17, 15) is 9.59 Å². The molecule has 36 heavy (non-hydrogen) atoms. The van der Waals surface area contributed by atoms with Gasteiger partial charge in [0.25, 0.3) is 0 Å². The van der Waals surface area contributed by atoms with E-state index in [0.717, 1.165) is 58.4 Å². The number of piperidine rings is 1. The second-order valence-corrected chi connectivity index (χ2v) is 12.0. The first kappa shape index (κ1) is 25.9. The van der Waals surface area contributed by atoms with Crippen molar-refractivity contribution in [1.29, 1.82) is 0 Å². The number of aromatic nitrogens is 1. The zero-order chi connectivity index (χ0) is 25.4. The number of halogens is 3. The Hall–Kier alpha value is -1.68. The van der Waals surface area contributed by atoms with E-state index in [1.54, 1.807) is 4.90 Å². The Labute approximate surface area is 233 Å². The average Bonchev–Trinajstić information content (AvgIpc) is 3.03. The number of fused-ring (bicyclic) bond motifs is 2. The molecule has 192 valence electrons. The van der Waals surface area contributed by atoms with Crippen molar-refractivity contribution in [3.63, 3.8) is 0 Å². The molecule has 2 saturated heterocycles. The molecule has 3 amide bonds. The van der Waals surface area contributed by atoms with Gasteiger partial charge >= 0.3 is 6.03 Å². The summed E-state index contributed by atoms with van der Waals surface area (Å²) in [5.41, 5.74) is 10.2. The van der Waals surface area contributed by atoms with Gasteiger partial charge in [-0.1, -0.05) is 17.7 Å². The van der Waals surface area contributed by atoms with Gasteiger partial charge in [-0.2, -0.15) is 0 Å². The van der Waals surface area contributed by atoms with Crippen molar-refractivity contribution < 1.29 is 9.59 Å². The zero-order valence-corrected chi connectivity index (χ0v) is 24.0. The maximum atomic E-state index is 13.1. The lowest BCUT2D eigenvalue weighted by Crippen LogP contribution is -2.50. The molecule has 7 nitrogen and oxygen atoms in total. The predicted molar refractivity (Wildman–Crippen MR) is 147 cm³/mol. The average molecular weight is 640 g/mol. The van der Waals surface area contributed by atoms with Crippen LogP contribution in [0.4, 0.5) is 4.79 Å². The molecule has 0 radical (unpaired) electrons. The Morgan fingerprint density at radius 3 is 2.44 bits per heavy atom. The van der Waals surface area contributed by atoms with Crippen LogP contribution >= 0.6 is 43.5 Å². The third kappa shape index (κ3) is 5.30. The molecule has 1 aromatic carbocycles. The fraction of sp³-hybridized carbons (Fsp3) is 0.500. The lowest BCUT2D eigenvalue weighted by molar-refractivity contribution is -0.134. The van der Waals surface area contributed by atoms with Crippen molar-refractivity contribution >= 4 is 55.4 Å². The van der Waals surface area contributed by atoms with Crippen molar-refractivity contribution in [2.24, 2.45) is 11.7 Å². The van der Waals surface area contributed by atoms with Gasteiger partial charge in [-0.05, 0) is 92.3 Å². The summed E-state index contributed by atoms with van der Waals surface area (Å²) < 4.78 is 1.95. The number of nitrogens with two attached hydrogens (primary N) is 1. The quantitative estimate of drug-likeness (QED) is 0.525. The van der Waals surface area contributed by atoms with Crippen molar-refractivity contribution in [3.8, 4) is 0 Å². The van der Waals surface area contributed by atoms with E-state index in [2.05, 4.69) is 48.9 Å². The molecule has 2 N–H and O–H groups in total. The number of rotatable bonds is 3. The molecule has 1 aliphatic carbocycles. The van der Waals surface area contributed by atoms with E-state index in [4.69, 9.17) is 22.3 Å². The molecule has 10 heteroatoms. The number of primary amides is 1. The minimum atomic E-state index is -0.367. The van der Waals surface area contributed by atoms with Crippen LogP contribution in [0.2, 0.25) is 5.02 Å². The molecular weight excluding hydrogens is 610 g/mol. The topological polar surface area (TPSA) is 82.8 Å². The number of hydrogen-bond donors (Lipinski definition) is 1. The molecule has 3 heterocycles. The fourth-order valence-electron chi connectivity index (χ4n) is 5.80. The number of likely N-dealkylation sites (tertiary alicyclic amines) is 1. The van der Waals surface area contributed by atoms with Gasteiger partial charge in [0.1, 0.15) is 0 Å². The van der Waals surface area contributed by atoms with E-state index in [1.165, 1.54) is 16.7 Å². The van der Waals surface area contributed by atoms with E-state index >= 15 is 0 Å². The van der Waals surface area contributed by atoms with Crippen LogP contribution in [-0.4, -0.2) is 70.9 Å². The van der Waals surface area contributed by atoms with Gasteiger partial charge < -0.3 is 15.5 Å². The second-order valence-electron chi connectivity index (χ2n) is 9.92. The molecule has 3 aliphatic rings. The zero-order valence-electron chi connectivity index (χ0n) is 20.1. The van der Waals surface area contributed by atoms with Gasteiger partial charge in [-0.15, -0.1) is 0 Å². The molecule has 2 aromatic rings. The highest BCUT2D eigenvalue weighted by molar-refractivity contribution is 9.10. The van der Waals surface area contributed by atoms with E-state index in [-0.39, 0.29) is 18.0 Å². The first-order valence-electron chi connectivity index (χ1n) is 12.5. The molecular formula is C26H30Br2ClN5O2. The van der Waals surface area contributed by atoms with Gasteiger partial charge in [-0.25, -0.2) is 4.79 Å². The van der Waals surface area contributed by atoms with Crippen molar-refractivity contribution in [2.45, 2.75) is 38.1 Å². The van der Waals surface area contributed by atoms with Crippen LogP contribution in [-0.2, 0) is 17.6 Å². The summed E-state index contributed by atoms with van der Waals surface area (Å²) in [5, 5.41) is 0.727. The first-order valence-corrected chi connectivity index (χ1v) is 14.5. The van der Waals surface area contributed by atoms with Gasteiger partial charge in [0.05, 0.1) is 16.8 Å². The van der Waals surface area contributed by atoms with Gasteiger partial charge in [0.15, 0.2) is 0 Å². The first-order chi connectivity index (χ1) is 17.3. The largest absolute Gasteiger partial charge is 0.351 e. The Kier molecular flexibility index (Phi) is 7.91. The highest BCUT2D eigenvalue weighted by Gasteiger charge is 2.34. The van der Waals surface area contributed by atoms with E-state index < -0.39 is 0 Å². The van der Waals surface area contributed by atoms with Crippen LogP contribution in [0.25, 0.3) is 0 Å². The van der Waals surface area contributed by atoms with Crippen LogP contribution < -0.4 is 5.73 Å². The number of amides is 3. The Morgan fingerprint density at radius 2 is 1.75 bits per heavy atom. The number of piperazine rings is 1. The molecule has 1 atom stereocenters. The smallest absolute Gasteiger partial charge is 0.314 e. The molecule has 1 aromatic heterocycles. The summed E-state index contributed by atoms with van der Waals surface area (Å²) in [6.07, 6.45) is 5.89. The van der Waals surface area contributed by atoms with E-state index in [1.807, 2.05) is 17.2 Å². The number of carbonyl (C=O) groups excluding carboxylic acids is 2. The summed E-state index contributed by atoms with van der Waals surface area (Å²) in [6, 6.07) is 5.94. The summed E-state index contributed by atoms with van der Waals surface area (Å²) in [5.74, 6) is 0.530. The summed E-state index contributed by atoms with van der Waals surface area (Å²) in [4.78, 5) is 35.5. The third-order valence-corrected chi connectivity index (χ3v) is 9.70. The van der Waals surface area contributed by atoms with Gasteiger partial charge in [0.2, 0.25) is 5.91 Å². The normalized spacial score (nSPS) is 21.0. The number of nitrogens with zero attached hydrogens (tertiary/aromatic N) is 4. The molecule has 0 unspecified atom stereocenters. The van der Waals surface area contributed by atoms with Crippen LogP contribution in [0.5, 0.6) is 0 Å². The number of urea groups is 1. The second kappa shape index (κ2) is 11.0. The van der Waals surface area contributed by atoms with Crippen LogP contribution in [0.3, 0.4) is 0 Å². The van der Waals surface area contributed by atoms with Crippen LogP contribution in [0.1, 0.15) is 47.7 Å². The number of benzene rings is 1. The Balaban J connectivity index is 1.30. The minimum absolute atomic E-state index is 0.0227. The minimum Gasteiger partial charge on any atom is -0.351 e. The highest BCUT2D eigenvalue weighted by Crippen LogP contribution is 2.41. The standard InChI is InChI=1S/C26H30Br2ClN5O2/c27-18-14-17-1-2-19-20(3-4-21(29)23(19)28)25(24(17)31-15-18)33-11-9-32(10-12-33)22(35)13-16-5-7-34(8-6-16)26(30)36/h3-4,14-16,25H,1-2,5-13H2,(H2,30,36)/t25-/m1/s1. The van der Waals surface area contributed by atoms with Gasteiger partial charge in [0, 0.05) is 60.8 Å². The monoisotopic (exact) mass is 637 g/mol. The molecule has 2 fully saturated rings. The predicted octanol–water partition coefficient (Wildman–Crippen LogP) is 4.77. The van der Waals surface area contributed by atoms with Crippen molar-refractivity contribution in [3.05, 3.63) is 60.7 Å². The van der Waals surface area contributed by atoms with Crippen molar-refractivity contribution in [1.82, 2.24) is 19.7 Å². The van der Waals surface area contributed by atoms with Gasteiger partial charge in [-0.3, -0.25) is 14.7 Å². The lowest BCUT2D eigenvalue weighted by Gasteiger charge is -2.40. The number of hydrogen-bond acceptors (Lipinski definition) is 4. The maximum Gasteiger partial charge on any atom is 0.314 e. The van der Waals surface area contributed by atoms with Crippen LogP contribution in [0.15, 0.2) is 33.3 Å². The number of carbonyl (C=O) groups is 2. The highest BCUT2D eigenvalue weighted by atomic mass is 79.9. The molecule has 0 spiro atoms. The summed E-state index contributed by atoms with van der Waals surface area (Å²) >= 11 is 13.8. The fourth-order valence-corrected chi connectivity index (χ4v) is 6.91. The van der Waals surface area contributed by atoms with Crippen LogP contribution in [0, 0.1) is 5.92 Å². The third-order valence-electron chi connectivity index (χ3n) is 7.82. The summed E-state index contributed by atoms with van der Waals surface area (Å²) in [7, 11) is 0. The maximum absolute atomic E-state index is 13.1. The molecule has 0 saturated carbocycles. The molecule has 5 rings (SSSR count). The molecule has 0 bridgehead atoms. The Morgan fingerprint density at radius 1 is 1.03 bits per heavy atom. The number of pyridine rings is 1. The number of aryl methyl sites for hydroxylation is 1. The molecule has 2 aliphatic heterocycles. The van der Waals surface area contributed by atoms with Crippen molar-refractivity contribution in [2.75, 3.05) is 39.3 Å². The summed E-state index contributed by atoms with van der Waals surface area (Å²) in [6.45, 7) is 4.26. The SMILES string of the molecule is NC(=O)N1CCC(CC(=O)N2CCN([C@@H]3c4ccc(Cl)c(Br)c4CCc4cc(Br)cnc43)CC2)CC1. The lowest BCUT2D eigenvalue weighted by atomic mass is 9.93.